The SMILES string of the molecule is CCC(Oc1cc(OC)ccc1C(C)N)C(=O)O. The molecule has 100 valence electrons. The molecule has 0 aromatic heterocycles. The van der Waals surface area contributed by atoms with Crippen LogP contribution in [-0.4, -0.2) is 24.3 Å². The van der Waals surface area contributed by atoms with Crippen molar-refractivity contribution in [3.05, 3.63) is 23.8 Å². The lowest BCUT2D eigenvalue weighted by Gasteiger charge is -2.18. The quantitative estimate of drug-likeness (QED) is 0.809. The van der Waals surface area contributed by atoms with Gasteiger partial charge in [-0.3, -0.25) is 0 Å². The third-order valence-electron chi connectivity index (χ3n) is 2.63. The zero-order valence-corrected chi connectivity index (χ0v) is 10.8. The van der Waals surface area contributed by atoms with Crippen LogP contribution in [0.15, 0.2) is 18.2 Å². The molecule has 0 saturated heterocycles. The summed E-state index contributed by atoms with van der Waals surface area (Å²) in [6.07, 6.45) is -0.500. The molecule has 1 aromatic carbocycles. The first kappa shape index (κ1) is 14.3. The van der Waals surface area contributed by atoms with Crippen molar-refractivity contribution in [1.29, 1.82) is 0 Å². The average Bonchev–Trinajstić information content (AvgIpc) is 2.34. The lowest BCUT2D eigenvalue weighted by atomic mass is 10.1. The van der Waals surface area contributed by atoms with Crippen molar-refractivity contribution >= 4 is 5.97 Å². The first-order valence-corrected chi connectivity index (χ1v) is 5.82. The highest BCUT2D eigenvalue weighted by atomic mass is 16.5. The topological polar surface area (TPSA) is 81.8 Å². The number of carboxylic acid groups (broad SMARTS) is 1. The van der Waals surface area contributed by atoms with Gasteiger partial charge < -0.3 is 20.3 Å². The minimum atomic E-state index is -0.990. The minimum absolute atomic E-state index is 0.239. The van der Waals surface area contributed by atoms with Gasteiger partial charge in [0.2, 0.25) is 0 Å². The summed E-state index contributed by atoms with van der Waals surface area (Å²) in [4.78, 5) is 11.0. The molecule has 1 aromatic rings. The first-order valence-electron chi connectivity index (χ1n) is 5.82. The van der Waals surface area contributed by atoms with E-state index in [0.717, 1.165) is 5.56 Å². The van der Waals surface area contributed by atoms with Gasteiger partial charge >= 0.3 is 5.97 Å². The van der Waals surface area contributed by atoms with Gasteiger partial charge in [-0.1, -0.05) is 13.0 Å². The summed E-state index contributed by atoms with van der Waals surface area (Å²) in [5.74, 6) is 0.0733. The number of nitrogens with two attached hydrogens (primary N) is 1. The lowest BCUT2D eigenvalue weighted by molar-refractivity contribution is -0.145. The molecular weight excluding hydrogens is 234 g/mol. The maximum Gasteiger partial charge on any atom is 0.344 e. The molecule has 0 aliphatic heterocycles. The van der Waals surface area contributed by atoms with Crippen LogP contribution in [0.2, 0.25) is 0 Å². The normalized spacial score (nSPS) is 13.8. The largest absolute Gasteiger partial charge is 0.497 e. The van der Waals surface area contributed by atoms with E-state index >= 15 is 0 Å². The Kier molecular flexibility index (Phi) is 4.97. The molecule has 0 heterocycles. The highest BCUT2D eigenvalue weighted by molar-refractivity contribution is 5.72. The van der Waals surface area contributed by atoms with E-state index in [1.54, 1.807) is 32.2 Å². The summed E-state index contributed by atoms with van der Waals surface area (Å²) in [7, 11) is 1.54. The summed E-state index contributed by atoms with van der Waals surface area (Å²) in [5.41, 5.74) is 6.59. The number of benzene rings is 1. The molecule has 18 heavy (non-hydrogen) atoms. The third kappa shape index (κ3) is 3.37. The molecule has 3 N–H and O–H groups in total. The Hall–Kier alpha value is -1.75. The monoisotopic (exact) mass is 253 g/mol. The van der Waals surface area contributed by atoms with E-state index in [1.807, 2.05) is 6.92 Å². The second-order valence-electron chi connectivity index (χ2n) is 4.05. The fraction of sp³-hybridized carbons (Fsp3) is 0.462. The van der Waals surface area contributed by atoms with Crippen LogP contribution in [0.5, 0.6) is 11.5 Å². The summed E-state index contributed by atoms with van der Waals surface area (Å²) in [5, 5.41) is 9.00. The Labute approximate surface area is 107 Å². The van der Waals surface area contributed by atoms with Crippen LogP contribution in [0.1, 0.15) is 31.9 Å². The number of hydrogen-bond donors (Lipinski definition) is 2. The number of methoxy groups -OCH3 is 1. The molecule has 0 amide bonds. The van der Waals surface area contributed by atoms with Crippen LogP contribution in [0.25, 0.3) is 0 Å². The van der Waals surface area contributed by atoms with Gasteiger partial charge in [-0.25, -0.2) is 4.79 Å². The van der Waals surface area contributed by atoms with Crippen LogP contribution >= 0.6 is 0 Å². The molecule has 0 bridgehead atoms. The molecule has 0 spiro atoms. The average molecular weight is 253 g/mol. The smallest absolute Gasteiger partial charge is 0.344 e. The Bertz CT molecular complexity index is 417. The van der Waals surface area contributed by atoms with E-state index in [2.05, 4.69) is 0 Å². The van der Waals surface area contributed by atoms with E-state index in [-0.39, 0.29) is 6.04 Å². The van der Waals surface area contributed by atoms with Gasteiger partial charge in [-0.2, -0.15) is 0 Å². The van der Waals surface area contributed by atoms with Gasteiger partial charge in [0.05, 0.1) is 7.11 Å². The first-order chi connectivity index (χ1) is 8.49. The van der Waals surface area contributed by atoms with Gasteiger partial charge in [-0.15, -0.1) is 0 Å². The third-order valence-corrected chi connectivity index (χ3v) is 2.63. The van der Waals surface area contributed by atoms with Crippen LogP contribution in [0.3, 0.4) is 0 Å². The summed E-state index contributed by atoms with van der Waals surface area (Å²) >= 11 is 0. The second-order valence-corrected chi connectivity index (χ2v) is 4.05. The van der Waals surface area contributed by atoms with Gasteiger partial charge in [0.25, 0.3) is 0 Å². The summed E-state index contributed by atoms with van der Waals surface area (Å²) in [6.45, 7) is 3.57. The fourth-order valence-corrected chi connectivity index (χ4v) is 1.58. The standard InChI is InChI=1S/C13H19NO4/c1-4-11(13(15)16)18-12-7-9(17-3)5-6-10(12)8(2)14/h5-8,11H,4,14H2,1-3H3,(H,15,16). The molecule has 0 fully saturated rings. The van der Waals surface area contributed by atoms with Crippen molar-refractivity contribution in [1.82, 2.24) is 0 Å². The van der Waals surface area contributed by atoms with E-state index in [0.29, 0.717) is 17.9 Å². The van der Waals surface area contributed by atoms with Crippen molar-refractivity contribution in [2.24, 2.45) is 5.73 Å². The van der Waals surface area contributed by atoms with Crippen LogP contribution in [0.4, 0.5) is 0 Å². The van der Waals surface area contributed by atoms with Gasteiger partial charge in [0.1, 0.15) is 11.5 Å². The van der Waals surface area contributed by atoms with Crippen molar-refractivity contribution in [2.75, 3.05) is 7.11 Å². The van der Waals surface area contributed by atoms with Crippen LogP contribution < -0.4 is 15.2 Å². The Morgan fingerprint density at radius 3 is 2.61 bits per heavy atom. The Balaban J connectivity index is 3.07. The molecule has 0 aliphatic rings. The lowest BCUT2D eigenvalue weighted by Crippen LogP contribution is -2.26. The van der Waals surface area contributed by atoms with E-state index < -0.39 is 12.1 Å². The number of ether oxygens (including phenoxy) is 2. The summed E-state index contributed by atoms with van der Waals surface area (Å²) < 4.78 is 10.6. The minimum Gasteiger partial charge on any atom is -0.497 e. The number of aliphatic carboxylic acids is 1. The number of hydrogen-bond acceptors (Lipinski definition) is 4. The van der Waals surface area contributed by atoms with Crippen LogP contribution in [0, 0.1) is 0 Å². The van der Waals surface area contributed by atoms with Crippen molar-refractivity contribution in [3.8, 4) is 11.5 Å². The van der Waals surface area contributed by atoms with Gasteiger partial charge in [0.15, 0.2) is 6.10 Å². The molecule has 5 heteroatoms. The second kappa shape index (κ2) is 6.26. The van der Waals surface area contributed by atoms with Crippen molar-refractivity contribution < 1.29 is 19.4 Å². The Morgan fingerprint density at radius 2 is 2.17 bits per heavy atom. The number of rotatable bonds is 6. The molecule has 0 aliphatic carbocycles. The predicted octanol–water partition coefficient (Wildman–Crippen LogP) is 1.96. The van der Waals surface area contributed by atoms with E-state index in [9.17, 15) is 4.79 Å². The molecule has 0 saturated carbocycles. The number of carboxylic acids is 1. The molecular formula is C13H19NO4. The molecule has 5 nitrogen and oxygen atoms in total. The van der Waals surface area contributed by atoms with Gasteiger partial charge in [0, 0.05) is 17.7 Å². The zero-order valence-electron chi connectivity index (χ0n) is 10.8. The molecule has 0 radical (unpaired) electrons. The summed E-state index contributed by atoms with van der Waals surface area (Å²) in [6, 6.07) is 4.97. The van der Waals surface area contributed by atoms with Crippen molar-refractivity contribution in [2.45, 2.75) is 32.4 Å². The maximum absolute atomic E-state index is 11.0. The highest BCUT2D eigenvalue weighted by Crippen LogP contribution is 2.29. The van der Waals surface area contributed by atoms with Crippen LogP contribution in [-0.2, 0) is 4.79 Å². The zero-order chi connectivity index (χ0) is 13.7. The predicted molar refractivity (Wildman–Crippen MR) is 67.9 cm³/mol. The Morgan fingerprint density at radius 1 is 1.50 bits per heavy atom. The molecule has 1 rings (SSSR count). The molecule has 2 unspecified atom stereocenters. The van der Waals surface area contributed by atoms with Crippen molar-refractivity contribution in [3.63, 3.8) is 0 Å². The molecule has 2 atom stereocenters. The van der Waals surface area contributed by atoms with E-state index in [4.69, 9.17) is 20.3 Å². The van der Waals surface area contributed by atoms with E-state index in [1.165, 1.54) is 0 Å². The van der Waals surface area contributed by atoms with Gasteiger partial charge in [-0.05, 0) is 19.4 Å². The highest BCUT2D eigenvalue weighted by Gasteiger charge is 2.19. The number of carbonyl (C=O) groups is 1. The fourth-order valence-electron chi connectivity index (χ4n) is 1.58. The maximum atomic E-state index is 11.0.